The number of amides is 1. The number of nitrogens with zero attached hydrogens (tertiary/aromatic N) is 2. The van der Waals surface area contributed by atoms with Gasteiger partial charge in [-0.2, -0.15) is 0 Å². The molecule has 25 heavy (non-hydrogen) atoms. The molecule has 1 aromatic carbocycles. The first-order valence-corrected chi connectivity index (χ1v) is 9.77. The first-order valence-electron chi connectivity index (χ1n) is 9.77. The number of carbonyl (C=O) groups excluding carboxylic acids is 1. The third kappa shape index (κ3) is 4.42. The molecule has 1 aliphatic heterocycles. The Bertz CT molecular complexity index is 558. The van der Waals surface area contributed by atoms with Crippen LogP contribution in [-0.2, 0) is 11.2 Å². The zero-order valence-electron chi connectivity index (χ0n) is 15.6. The average molecular weight is 344 g/mol. The number of aliphatic hydroxyl groups is 1. The molecule has 3 atom stereocenters. The summed E-state index contributed by atoms with van der Waals surface area (Å²) < 4.78 is 0. The summed E-state index contributed by atoms with van der Waals surface area (Å²) in [6.45, 7) is 5.08. The molecule has 0 radical (unpaired) electrons. The molecule has 138 valence electrons. The lowest BCUT2D eigenvalue weighted by molar-refractivity contribution is -0.134. The van der Waals surface area contributed by atoms with Gasteiger partial charge in [-0.3, -0.25) is 4.79 Å². The van der Waals surface area contributed by atoms with Crippen LogP contribution in [0.2, 0.25) is 0 Å². The number of rotatable bonds is 8. The van der Waals surface area contributed by atoms with E-state index in [0.717, 1.165) is 45.3 Å². The normalized spacial score (nSPS) is 26.4. The maximum atomic E-state index is 12.6. The van der Waals surface area contributed by atoms with Gasteiger partial charge in [0.25, 0.3) is 0 Å². The molecule has 2 fully saturated rings. The van der Waals surface area contributed by atoms with Crippen molar-refractivity contribution in [3.8, 4) is 0 Å². The average Bonchev–Trinajstić information content (AvgIpc) is 3.42. The molecule has 0 bridgehead atoms. The second kappa shape index (κ2) is 8.33. The van der Waals surface area contributed by atoms with Crippen LogP contribution in [0, 0.1) is 17.8 Å². The molecule has 2 aliphatic rings. The van der Waals surface area contributed by atoms with Crippen molar-refractivity contribution >= 4 is 5.91 Å². The summed E-state index contributed by atoms with van der Waals surface area (Å²) in [5.41, 5.74) is 1.36. The van der Waals surface area contributed by atoms with Gasteiger partial charge in [-0.1, -0.05) is 43.7 Å². The van der Waals surface area contributed by atoms with Gasteiger partial charge in [0.05, 0.1) is 12.6 Å². The van der Waals surface area contributed by atoms with Crippen molar-refractivity contribution in [3.63, 3.8) is 0 Å². The third-order valence-electron chi connectivity index (χ3n) is 6.00. The summed E-state index contributed by atoms with van der Waals surface area (Å²) in [7, 11) is 2.16. The second-order valence-corrected chi connectivity index (χ2v) is 7.84. The van der Waals surface area contributed by atoms with Crippen LogP contribution in [0.1, 0.15) is 31.7 Å². The molecule has 1 N–H and O–H groups in total. The molecule has 0 spiro atoms. The van der Waals surface area contributed by atoms with Crippen LogP contribution in [0.4, 0.5) is 0 Å². The summed E-state index contributed by atoms with van der Waals surface area (Å²) in [6.07, 6.45) is 4.18. The van der Waals surface area contributed by atoms with Crippen LogP contribution in [0.5, 0.6) is 0 Å². The first kappa shape index (κ1) is 18.4. The van der Waals surface area contributed by atoms with Crippen LogP contribution in [0.15, 0.2) is 30.3 Å². The summed E-state index contributed by atoms with van der Waals surface area (Å²) >= 11 is 0. The van der Waals surface area contributed by atoms with E-state index in [-0.39, 0.29) is 24.5 Å². The summed E-state index contributed by atoms with van der Waals surface area (Å²) in [5.74, 6) is 1.39. The van der Waals surface area contributed by atoms with Gasteiger partial charge in [-0.05, 0) is 43.7 Å². The molecular formula is C21H32N2O2. The van der Waals surface area contributed by atoms with Crippen molar-refractivity contribution in [2.75, 3.05) is 33.3 Å². The Morgan fingerprint density at radius 1 is 1.28 bits per heavy atom. The van der Waals surface area contributed by atoms with E-state index in [1.165, 1.54) is 5.56 Å². The molecule has 4 heteroatoms. The quantitative estimate of drug-likeness (QED) is 0.788. The maximum Gasteiger partial charge on any atom is 0.226 e. The number of benzene rings is 1. The molecule has 1 amide bonds. The van der Waals surface area contributed by atoms with Crippen LogP contribution in [0.3, 0.4) is 0 Å². The van der Waals surface area contributed by atoms with E-state index in [0.29, 0.717) is 11.8 Å². The minimum Gasteiger partial charge on any atom is -0.394 e. The van der Waals surface area contributed by atoms with E-state index in [2.05, 4.69) is 49.2 Å². The fourth-order valence-electron chi connectivity index (χ4n) is 4.24. The highest BCUT2D eigenvalue weighted by atomic mass is 16.3. The van der Waals surface area contributed by atoms with E-state index in [1.807, 2.05) is 4.90 Å². The number of aliphatic hydroxyl groups excluding tert-OH is 1. The Morgan fingerprint density at radius 2 is 2.00 bits per heavy atom. The minimum absolute atomic E-state index is 0.00257. The Kier molecular flexibility index (Phi) is 6.13. The van der Waals surface area contributed by atoms with Crippen molar-refractivity contribution < 1.29 is 9.90 Å². The Hall–Kier alpha value is -1.39. The smallest absolute Gasteiger partial charge is 0.226 e. The highest BCUT2D eigenvalue weighted by molar-refractivity contribution is 5.81. The summed E-state index contributed by atoms with van der Waals surface area (Å²) in [6, 6.07) is 10.6. The first-order chi connectivity index (χ1) is 12.1. The van der Waals surface area contributed by atoms with Crippen molar-refractivity contribution in [1.29, 1.82) is 0 Å². The molecule has 1 saturated carbocycles. The summed E-state index contributed by atoms with van der Waals surface area (Å²) in [5, 5.41) is 9.98. The molecule has 1 saturated heterocycles. The zero-order valence-corrected chi connectivity index (χ0v) is 15.6. The molecule has 0 unspecified atom stereocenters. The maximum absolute atomic E-state index is 12.6. The third-order valence-corrected chi connectivity index (χ3v) is 6.00. The molecule has 1 aliphatic carbocycles. The molecule has 1 aromatic rings. The molecule has 0 aromatic heterocycles. The van der Waals surface area contributed by atoms with Crippen LogP contribution < -0.4 is 0 Å². The Labute approximate surface area is 151 Å². The number of likely N-dealkylation sites (N-methyl/N-ethyl adjacent to an activating group) is 1. The second-order valence-electron chi connectivity index (χ2n) is 7.84. The van der Waals surface area contributed by atoms with E-state index >= 15 is 0 Å². The van der Waals surface area contributed by atoms with Gasteiger partial charge in [-0.15, -0.1) is 0 Å². The number of hydrogen-bond donors (Lipinski definition) is 1. The van der Waals surface area contributed by atoms with Gasteiger partial charge in [0.2, 0.25) is 5.91 Å². The van der Waals surface area contributed by atoms with Crippen LogP contribution in [-0.4, -0.2) is 60.1 Å². The molecule has 1 heterocycles. The van der Waals surface area contributed by atoms with Crippen LogP contribution in [0.25, 0.3) is 0 Å². The fraction of sp³-hybridized carbons (Fsp3) is 0.667. The van der Waals surface area contributed by atoms with Gasteiger partial charge in [0.1, 0.15) is 0 Å². The minimum atomic E-state index is -0.00257. The Morgan fingerprint density at radius 3 is 2.60 bits per heavy atom. The number of likely N-dealkylation sites (tertiary alicyclic amines) is 1. The lowest BCUT2D eigenvalue weighted by atomic mass is 9.88. The Balaban J connectivity index is 1.59. The fourth-order valence-corrected chi connectivity index (χ4v) is 4.24. The van der Waals surface area contributed by atoms with Crippen LogP contribution >= 0.6 is 0 Å². The van der Waals surface area contributed by atoms with E-state index in [1.54, 1.807) is 0 Å². The van der Waals surface area contributed by atoms with Crippen molar-refractivity contribution in [2.45, 2.75) is 38.6 Å². The van der Waals surface area contributed by atoms with E-state index in [9.17, 15) is 9.90 Å². The van der Waals surface area contributed by atoms with E-state index < -0.39 is 0 Å². The lowest BCUT2D eigenvalue weighted by Gasteiger charge is -2.30. The predicted octanol–water partition coefficient (Wildman–Crippen LogP) is 2.42. The largest absolute Gasteiger partial charge is 0.394 e. The SMILES string of the molecule is CC[C@@H]1CN(C(=O)C2CC2)[C@H](CO)[C@@H]1CN(C)CCc1ccccc1. The van der Waals surface area contributed by atoms with Crippen molar-refractivity contribution in [2.24, 2.45) is 17.8 Å². The molecular weight excluding hydrogens is 312 g/mol. The number of hydrogen-bond acceptors (Lipinski definition) is 3. The van der Waals surface area contributed by atoms with Crippen molar-refractivity contribution in [3.05, 3.63) is 35.9 Å². The topological polar surface area (TPSA) is 43.8 Å². The van der Waals surface area contributed by atoms with Gasteiger partial charge in [-0.25, -0.2) is 0 Å². The van der Waals surface area contributed by atoms with Crippen molar-refractivity contribution in [1.82, 2.24) is 9.80 Å². The number of carbonyl (C=O) groups is 1. The lowest BCUT2D eigenvalue weighted by Crippen LogP contribution is -2.43. The van der Waals surface area contributed by atoms with Gasteiger partial charge in [0.15, 0.2) is 0 Å². The van der Waals surface area contributed by atoms with Gasteiger partial charge >= 0.3 is 0 Å². The highest BCUT2D eigenvalue weighted by Gasteiger charge is 2.46. The van der Waals surface area contributed by atoms with Gasteiger partial charge < -0.3 is 14.9 Å². The monoisotopic (exact) mass is 344 g/mol. The standard InChI is InChI=1S/C21H32N2O2/c1-3-17-13-23(21(25)18-9-10-18)20(15-24)19(17)14-22(2)12-11-16-7-5-4-6-8-16/h4-8,17-20,24H,3,9-15H2,1-2H3/t17-,19-,20-/m1/s1. The predicted molar refractivity (Wildman–Crippen MR) is 100 cm³/mol. The summed E-state index contributed by atoms with van der Waals surface area (Å²) in [4.78, 5) is 17.0. The molecule has 4 nitrogen and oxygen atoms in total. The molecule has 3 rings (SSSR count). The van der Waals surface area contributed by atoms with Gasteiger partial charge in [0, 0.05) is 25.6 Å². The highest BCUT2D eigenvalue weighted by Crippen LogP contribution is 2.38. The zero-order chi connectivity index (χ0) is 17.8. The van der Waals surface area contributed by atoms with E-state index in [4.69, 9.17) is 0 Å².